The second-order valence-corrected chi connectivity index (χ2v) is 4.19. The molecule has 0 aromatic heterocycles. The van der Waals surface area contributed by atoms with Crippen molar-refractivity contribution in [1.82, 2.24) is 0 Å². The lowest BCUT2D eigenvalue weighted by molar-refractivity contribution is 0.419. The van der Waals surface area contributed by atoms with Crippen molar-refractivity contribution < 1.29 is 0 Å². The summed E-state index contributed by atoms with van der Waals surface area (Å²) in [6.07, 6.45) is 18.1. The second kappa shape index (κ2) is 6.64. The minimum Gasteiger partial charge on any atom is -0.0874 e. The minimum absolute atomic E-state index is 0.846. The van der Waals surface area contributed by atoms with E-state index < -0.39 is 0 Å². The molecule has 0 atom stereocenters. The zero-order valence-electron chi connectivity index (χ0n) is 9.50. The fourth-order valence-corrected chi connectivity index (χ4v) is 2.01. The highest BCUT2D eigenvalue weighted by molar-refractivity contribution is 5.21. The van der Waals surface area contributed by atoms with Crippen LogP contribution in [0.5, 0.6) is 0 Å². The van der Waals surface area contributed by atoms with Crippen molar-refractivity contribution in [2.45, 2.75) is 46.0 Å². The van der Waals surface area contributed by atoms with E-state index in [0.717, 1.165) is 5.92 Å². The van der Waals surface area contributed by atoms with Gasteiger partial charge >= 0.3 is 0 Å². The largest absolute Gasteiger partial charge is 0.0874 e. The maximum absolute atomic E-state index is 2.38. The summed E-state index contributed by atoms with van der Waals surface area (Å²) in [5.41, 5.74) is 1.33. The fourth-order valence-electron chi connectivity index (χ4n) is 2.01. The van der Waals surface area contributed by atoms with Gasteiger partial charge in [0.2, 0.25) is 0 Å². The van der Waals surface area contributed by atoms with E-state index in [-0.39, 0.29) is 0 Å². The third-order valence-corrected chi connectivity index (χ3v) is 2.82. The maximum Gasteiger partial charge on any atom is -0.0230 e. The Morgan fingerprint density at radius 1 is 1.14 bits per heavy atom. The van der Waals surface area contributed by atoms with Crippen molar-refractivity contribution in [2.24, 2.45) is 5.92 Å². The van der Waals surface area contributed by atoms with Gasteiger partial charge in [-0.1, -0.05) is 55.2 Å². The summed E-state index contributed by atoms with van der Waals surface area (Å²) in [4.78, 5) is 0. The van der Waals surface area contributed by atoms with E-state index in [1.165, 1.54) is 37.7 Å². The van der Waals surface area contributed by atoms with E-state index in [4.69, 9.17) is 0 Å². The fraction of sp³-hybridized carbons (Fsp3) is 0.571. The molecule has 1 rings (SSSR count). The van der Waals surface area contributed by atoms with E-state index in [2.05, 4.69) is 44.2 Å². The third-order valence-electron chi connectivity index (χ3n) is 2.82. The van der Waals surface area contributed by atoms with Crippen LogP contribution in [0.4, 0.5) is 0 Å². The third kappa shape index (κ3) is 4.45. The van der Waals surface area contributed by atoms with Gasteiger partial charge in [-0.05, 0) is 32.6 Å². The van der Waals surface area contributed by atoms with Crippen LogP contribution in [-0.2, 0) is 0 Å². The molecule has 0 spiro atoms. The van der Waals surface area contributed by atoms with E-state index in [9.17, 15) is 0 Å². The molecule has 0 aliphatic heterocycles. The molecule has 0 unspecified atom stereocenters. The van der Waals surface area contributed by atoms with E-state index in [0.29, 0.717) is 0 Å². The lowest BCUT2D eigenvalue weighted by Crippen LogP contribution is -2.02. The summed E-state index contributed by atoms with van der Waals surface area (Å²) < 4.78 is 0. The molecule has 0 heterocycles. The van der Waals surface area contributed by atoms with Gasteiger partial charge in [-0.15, -0.1) is 0 Å². The SMILES string of the molecule is C\C=C/C(C)=C\C=C\C1CCCCC1. The average Bonchev–Trinajstić information content (AvgIpc) is 2.20. The van der Waals surface area contributed by atoms with Gasteiger partial charge in [0.1, 0.15) is 0 Å². The van der Waals surface area contributed by atoms with Crippen molar-refractivity contribution in [3.05, 3.63) is 36.0 Å². The smallest absolute Gasteiger partial charge is 0.0230 e. The first-order chi connectivity index (χ1) is 6.83. The van der Waals surface area contributed by atoms with Crippen molar-refractivity contribution in [3.8, 4) is 0 Å². The Morgan fingerprint density at radius 3 is 2.50 bits per heavy atom. The first-order valence-corrected chi connectivity index (χ1v) is 5.80. The summed E-state index contributed by atoms with van der Waals surface area (Å²) >= 11 is 0. The molecule has 1 fully saturated rings. The molecule has 1 saturated carbocycles. The Labute approximate surface area is 88.4 Å². The Balaban J connectivity index is 2.34. The summed E-state index contributed by atoms with van der Waals surface area (Å²) in [7, 11) is 0. The Kier molecular flexibility index (Phi) is 5.36. The molecule has 0 heteroatoms. The van der Waals surface area contributed by atoms with Crippen LogP contribution < -0.4 is 0 Å². The average molecular weight is 190 g/mol. The monoisotopic (exact) mass is 190 g/mol. The predicted octanol–water partition coefficient (Wildman–Crippen LogP) is 4.65. The maximum atomic E-state index is 2.38. The van der Waals surface area contributed by atoms with Crippen LogP contribution in [0.1, 0.15) is 46.0 Å². The van der Waals surface area contributed by atoms with Crippen LogP contribution in [0.15, 0.2) is 36.0 Å². The summed E-state index contributed by atoms with van der Waals surface area (Å²) in [6, 6.07) is 0. The van der Waals surface area contributed by atoms with Crippen LogP contribution >= 0.6 is 0 Å². The van der Waals surface area contributed by atoms with Gasteiger partial charge in [-0.3, -0.25) is 0 Å². The number of allylic oxidation sites excluding steroid dienone is 6. The molecule has 0 aromatic carbocycles. The van der Waals surface area contributed by atoms with Gasteiger partial charge in [-0.25, -0.2) is 0 Å². The van der Waals surface area contributed by atoms with Crippen LogP contribution in [0.3, 0.4) is 0 Å². The zero-order valence-corrected chi connectivity index (χ0v) is 9.50. The van der Waals surface area contributed by atoms with Gasteiger partial charge in [0.15, 0.2) is 0 Å². The second-order valence-electron chi connectivity index (χ2n) is 4.19. The molecule has 0 aromatic rings. The molecule has 14 heavy (non-hydrogen) atoms. The first kappa shape index (κ1) is 11.3. The van der Waals surface area contributed by atoms with Gasteiger partial charge in [-0.2, -0.15) is 0 Å². The zero-order chi connectivity index (χ0) is 10.2. The highest BCUT2D eigenvalue weighted by atomic mass is 14.1. The first-order valence-electron chi connectivity index (χ1n) is 5.80. The number of hydrogen-bond donors (Lipinski definition) is 0. The Bertz CT molecular complexity index is 224. The molecule has 0 radical (unpaired) electrons. The quantitative estimate of drug-likeness (QED) is 0.568. The summed E-state index contributed by atoms with van der Waals surface area (Å²) in [5, 5.41) is 0. The molecular formula is C14H22. The molecule has 1 aliphatic rings. The van der Waals surface area contributed by atoms with E-state index in [1.54, 1.807) is 0 Å². The molecule has 0 N–H and O–H groups in total. The lowest BCUT2D eigenvalue weighted by Gasteiger charge is -2.17. The topological polar surface area (TPSA) is 0 Å². The molecule has 0 saturated heterocycles. The minimum atomic E-state index is 0.846. The lowest BCUT2D eigenvalue weighted by atomic mass is 9.89. The van der Waals surface area contributed by atoms with Crippen molar-refractivity contribution >= 4 is 0 Å². The standard InChI is InChI=1S/C14H22/c1-3-8-13(2)9-7-12-14-10-5-4-6-11-14/h3,7-9,12,14H,4-6,10-11H2,1-2H3/b8-3-,12-7+,13-9-. The number of hydrogen-bond acceptors (Lipinski definition) is 0. The molecule has 0 nitrogen and oxygen atoms in total. The van der Waals surface area contributed by atoms with E-state index >= 15 is 0 Å². The highest BCUT2D eigenvalue weighted by Crippen LogP contribution is 2.24. The van der Waals surface area contributed by atoms with Gasteiger partial charge < -0.3 is 0 Å². The van der Waals surface area contributed by atoms with Crippen LogP contribution in [0.2, 0.25) is 0 Å². The van der Waals surface area contributed by atoms with E-state index in [1.807, 2.05) is 0 Å². The molecule has 1 aliphatic carbocycles. The molecule has 0 bridgehead atoms. The predicted molar refractivity (Wildman–Crippen MR) is 64.3 cm³/mol. The highest BCUT2D eigenvalue weighted by Gasteiger charge is 2.08. The summed E-state index contributed by atoms with van der Waals surface area (Å²) in [6.45, 7) is 4.20. The normalized spacial score (nSPS) is 21.1. The van der Waals surface area contributed by atoms with Crippen molar-refractivity contribution in [2.75, 3.05) is 0 Å². The number of rotatable bonds is 3. The Hall–Kier alpha value is -0.780. The molecule has 78 valence electrons. The van der Waals surface area contributed by atoms with Gasteiger partial charge in [0, 0.05) is 0 Å². The van der Waals surface area contributed by atoms with Gasteiger partial charge in [0.05, 0.1) is 0 Å². The summed E-state index contributed by atoms with van der Waals surface area (Å²) in [5.74, 6) is 0.846. The van der Waals surface area contributed by atoms with Crippen LogP contribution in [0.25, 0.3) is 0 Å². The van der Waals surface area contributed by atoms with Crippen LogP contribution in [-0.4, -0.2) is 0 Å². The van der Waals surface area contributed by atoms with Crippen molar-refractivity contribution in [1.29, 1.82) is 0 Å². The van der Waals surface area contributed by atoms with Crippen LogP contribution in [0, 0.1) is 5.92 Å². The molecule has 0 amide bonds. The van der Waals surface area contributed by atoms with Crippen molar-refractivity contribution in [3.63, 3.8) is 0 Å². The van der Waals surface area contributed by atoms with Gasteiger partial charge in [0.25, 0.3) is 0 Å². The Morgan fingerprint density at radius 2 is 1.86 bits per heavy atom. The molecular weight excluding hydrogens is 168 g/mol.